The molecule has 2 aliphatic carbocycles. The predicted octanol–water partition coefficient (Wildman–Crippen LogP) is 2.60. The van der Waals surface area contributed by atoms with E-state index < -0.39 is 0 Å². The van der Waals surface area contributed by atoms with Crippen molar-refractivity contribution in [3.05, 3.63) is 11.6 Å². The number of nitrogens with zero attached hydrogens (tertiary/aromatic N) is 2. The summed E-state index contributed by atoms with van der Waals surface area (Å²) in [6.45, 7) is 2.36. The minimum atomic E-state index is -0.00824. The van der Waals surface area contributed by atoms with Gasteiger partial charge in [0.25, 0.3) is 0 Å². The summed E-state index contributed by atoms with van der Waals surface area (Å²) in [7, 11) is 3.89. The predicted molar refractivity (Wildman–Crippen MR) is 75.9 cm³/mol. The van der Waals surface area contributed by atoms with Gasteiger partial charge in [0, 0.05) is 14.1 Å². The number of hydrogen-bond acceptors (Lipinski definition) is 4. The topological polar surface area (TPSA) is 41.9 Å². The van der Waals surface area contributed by atoms with Gasteiger partial charge in [-0.05, 0) is 51.0 Å². The molecule has 0 aromatic heterocycles. The third-order valence-corrected chi connectivity index (χ3v) is 3.92. The maximum absolute atomic E-state index is 12.0. The summed E-state index contributed by atoms with van der Waals surface area (Å²) in [5.41, 5.74) is 2.54. The summed E-state index contributed by atoms with van der Waals surface area (Å²) in [5, 5.41) is 6.34. The van der Waals surface area contributed by atoms with E-state index in [1.165, 1.54) is 5.57 Å². The van der Waals surface area contributed by atoms with E-state index in [4.69, 9.17) is 4.74 Å². The van der Waals surface area contributed by atoms with Crippen LogP contribution >= 0.6 is 0 Å². The van der Waals surface area contributed by atoms with E-state index in [2.05, 4.69) is 11.2 Å². The third-order valence-electron chi connectivity index (χ3n) is 3.92. The number of esters is 1. The highest BCUT2D eigenvalue weighted by Crippen LogP contribution is 2.40. The second kappa shape index (κ2) is 6.22. The lowest BCUT2D eigenvalue weighted by molar-refractivity contribution is -0.150. The molecule has 0 aromatic carbocycles. The Balaban J connectivity index is 2.13. The Morgan fingerprint density at radius 1 is 1.42 bits per heavy atom. The lowest BCUT2D eigenvalue weighted by atomic mass is 9.70. The van der Waals surface area contributed by atoms with E-state index in [0.717, 1.165) is 37.8 Å². The van der Waals surface area contributed by atoms with Crippen molar-refractivity contribution in [3.63, 3.8) is 0 Å². The average molecular weight is 264 g/mol. The van der Waals surface area contributed by atoms with Crippen molar-refractivity contribution in [2.45, 2.75) is 39.0 Å². The number of carbonyl (C=O) groups excluding carboxylic acids is 1. The van der Waals surface area contributed by atoms with Gasteiger partial charge < -0.3 is 9.75 Å². The fourth-order valence-corrected chi connectivity index (χ4v) is 3.19. The lowest BCUT2D eigenvalue weighted by Crippen LogP contribution is -2.33. The van der Waals surface area contributed by atoms with Crippen molar-refractivity contribution in [1.82, 2.24) is 5.01 Å². The van der Waals surface area contributed by atoms with E-state index in [0.29, 0.717) is 12.5 Å². The molecule has 0 saturated heterocycles. The van der Waals surface area contributed by atoms with Gasteiger partial charge in [-0.25, -0.2) is 0 Å². The van der Waals surface area contributed by atoms with Crippen LogP contribution in [0, 0.1) is 11.8 Å². The van der Waals surface area contributed by atoms with Crippen molar-refractivity contribution in [2.75, 3.05) is 20.7 Å². The van der Waals surface area contributed by atoms with Crippen LogP contribution in [0.1, 0.15) is 39.0 Å². The Hall–Kier alpha value is -1.32. The molecule has 1 saturated carbocycles. The molecule has 0 radical (unpaired) electrons. The van der Waals surface area contributed by atoms with Crippen LogP contribution in [0.15, 0.2) is 16.8 Å². The molecule has 19 heavy (non-hydrogen) atoms. The summed E-state index contributed by atoms with van der Waals surface area (Å²) in [5.74, 6) is 0.445. The Morgan fingerprint density at radius 3 is 2.89 bits per heavy atom. The van der Waals surface area contributed by atoms with E-state index in [1.807, 2.05) is 26.0 Å². The maximum atomic E-state index is 12.0. The number of fused-ring (bicyclic) bond motifs is 1. The zero-order valence-electron chi connectivity index (χ0n) is 12.2. The van der Waals surface area contributed by atoms with Crippen LogP contribution in [0.5, 0.6) is 0 Å². The highest BCUT2D eigenvalue weighted by Gasteiger charge is 2.36. The van der Waals surface area contributed by atoms with Crippen LogP contribution in [0.25, 0.3) is 0 Å². The van der Waals surface area contributed by atoms with Gasteiger partial charge >= 0.3 is 5.97 Å². The summed E-state index contributed by atoms with van der Waals surface area (Å²) >= 11 is 0. The van der Waals surface area contributed by atoms with Crippen LogP contribution in [-0.4, -0.2) is 37.4 Å². The van der Waals surface area contributed by atoms with Crippen LogP contribution in [0.2, 0.25) is 0 Å². The van der Waals surface area contributed by atoms with Crippen LogP contribution in [0.4, 0.5) is 0 Å². The average Bonchev–Trinajstić information content (AvgIpc) is 2.37. The Bertz CT molecular complexity index is 399. The second-order valence-electron chi connectivity index (χ2n) is 5.55. The minimum absolute atomic E-state index is 0.00824. The highest BCUT2D eigenvalue weighted by atomic mass is 16.5. The summed E-state index contributed by atoms with van der Waals surface area (Å²) in [6, 6.07) is 0. The van der Waals surface area contributed by atoms with Crippen molar-refractivity contribution in [3.8, 4) is 0 Å². The molecule has 2 atom stereocenters. The Kier molecular flexibility index (Phi) is 4.61. The van der Waals surface area contributed by atoms with Crippen LogP contribution in [-0.2, 0) is 9.53 Å². The molecule has 1 fully saturated rings. The van der Waals surface area contributed by atoms with E-state index in [-0.39, 0.29) is 11.9 Å². The van der Waals surface area contributed by atoms with Crippen LogP contribution in [0.3, 0.4) is 0 Å². The lowest BCUT2D eigenvalue weighted by Gasteiger charge is -2.35. The first-order valence-corrected chi connectivity index (χ1v) is 7.23. The number of ether oxygens (including phenoxy) is 1. The monoisotopic (exact) mass is 264 g/mol. The minimum Gasteiger partial charge on any atom is -0.466 e. The molecule has 2 rings (SSSR count). The first-order chi connectivity index (χ1) is 9.11. The smallest absolute Gasteiger partial charge is 0.309 e. The number of allylic oxidation sites excluding steroid dienone is 2. The van der Waals surface area contributed by atoms with Crippen molar-refractivity contribution >= 4 is 11.7 Å². The van der Waals surface area contributed by atoms with Crippen molar-refractivity contribution in [2.24, 2.45) is 16.9 Å². The van der Waals surface area contributed by atoms with Gasteiger partial charge in [-0.15, -0.1) is 0 Å². The molecule has 0 N–H and O–H groups in total. The van der Waals surface area contributed by atoms with Crippen LogP contribution < -0.4 is 0 Å². The number of rotatable bonds is 3. The number of hydrazone groups is 1. The first kappa shape index (κ1) is 14.1. The zero-order valence-corrected chi connectivity index (χ0v) is 12.2. The normalized spacial score (nSPS) is 28.6. The van der Waals surface area contributed by atoms with Gasteiger partial charge in [-0.1, -0.05) is 5.57 Å². The molecule has 0 aliphatic heterocycles. The Labute approximate surface area is 115 Å². The van der Waals surface area contributed by atoms with Gasteiger partial charge in [0.1, 0.15) is 0 Å². The molecule has 0 heterocycles. The first-order valence-electron chi connectivity index (χ1n) is 7.23. The summed E-state index contributed by atoms with van der Waals surface area (Å²) in [4.78, 5) is 12.0. The molecule has 2 aliphatic rings. The van der Waals surface area contributed by atoms with Gasteiger partial charge in [0.15, 0.2) is 0 Å². The molecule has 106 valence electrons. The third kappa shape index (κ3) is 3.37. The molecular weight excluding hydrogens is 240 g/mol. The van der Waals surface area contributed by atoms with Crippen molar-refractivity contribution in [1.29, 1.82) is 0 Å². The Morgan fingerprint density at radius 2 is 2.21 bits per heavy atom. The van der Waals surface area contributed by atoms with Gasteiger partial charge in [0.05, 0.1) is 18.2 Å². The molecule has 0 amide bonds. The van der Waals surface area contributed by atoms with E-state index >= 15 is 0 Å². The molecule has 2 unspecified atom stereocenters. The van der Waals surface area contributed by atoms with E-state index in [1.54, 1.807) is 0 Å². The quantitative estimate of drug-likeness (QED) is 0.581. The fraction of sp³-hybridized carbons (Fsp3) is 0.733. The second-order valence-corrected chi connectivity index (χ2v) is 5.55. The summed E-state index contributed by atoms with van der Waals surface area (Å²) < 4.78 is 5.22. The van der Waals surface area contributed by atoms with Gasteiger partial charge in [0.2, 0.25) is 0 Å². The SMILES string of the molecule is CCOC(=O)C1CCCC2=C/C(=N\N(C)C)CCC21. The number of hydrogen-bond donors (Lipinski definition) is 0. The molecule has 0 aromatic rings. The standard InChI is InChI=1S/C15H24N2O2/c1-4-19-15(18)14-7-5-6-11-10-12(16-17(2)3)8-9-13(11)14/h10,13-14H,4-9H2,1-3H3/b16-12-. The fourth-order valence-electron chi connectivity index (χ4n) is 3.19. The largest absolute Gasteiger partial charge is 0.466 e. The summed E-state index contributed by atoms with van der Waals surface area (Å²) in [6.07, 6.45) is 7.36. The van der Waals surface area contributed by atoms with Gasteiger partial charge in [-0.2, -0.15) is 5.10 Å². The molecule has 4 heteroatoms. The van der Waals surface area contributed by atoms with Crippen molar-refractivity contribution < 1.29 is 9.53 Å². The van der Waals surface area contributed by atoms with Gasteiger partial charge in [-0.3, -0.25) is 4.79 Å². The number of carbonyl (C=O) groups is 1. The molecule has 4 nitrogen and oxygen atoms in total. The highest BCUT2D eigenvalue weighted by molar-refractivity contribution is 5.96. The maximum Gasteiger partial charge on any atom is 0.309 e. The molecule has 0 spiro atoms. The molecular formula is C15H24N2O2. The van der Waals surface area contributed by atoms with E-state index in [9.17, 15) is 4.79 Å². The molecule has 0 bridgehead atoms. The zero-order chi connectivity index (χ0) is 13.8.